The van der Waals surface area contributed by atoms with Gasteiger partial charge in [-0.25, -0.2) is 0 Å². The van der Waals surface area contributed by atoms with E-state index in [9.17, 15) is 4.79 Å². The van der Waals surface area contributed by atoms with Gasteiger partial charge in [0, 0.05) is 16.6 Å². The van der Waals surface area contributed by atoms with E-state index in [-0.39, 0.29) is 5.12 Å². The van der Waals surface area contributed by atoms with Gasteiger partial charge >= 0.3 is 0 Å². The summed E-state index contributed by atoms with van der Waals surface area (Å²) in [7, 11) is 4.02. The molecular formula is C12H18ClNO2S. The lowest BCUT2D eigenvalue weighted by Crippen LogP contribution is -3.06. The van der Waals surface area contributed by atoms with E-state index in [1.54, 1.807) is 24.3 Å². The first-order valence-electron chi connectivity index (χ1n) is 5.30. The molecule has 5 heteroatoms. The van der Waals surface area contributed by atoms with Gasteiger partial charge in [0.2, 0.25) is 0 Å². The summed E-state index contributed by atoms with van der Waals surface area (Å²) in [6.45, 7) is 1.14. The predicted octanol–water partition coefficient (Wildman–Crippen LogP) is 0.0792. The Labute approximate surface area is 113 Å². The van der Waals surface area contributed by atoms with E-state index in [0.717, 1.165) is 12.1 Å². The number of carbonyl (C=O) groups is 1. The van der Waals surface area contributed by atoms with Gasteiger partial charge in [-0.3, -0.25) is 0 Å². The van der Waals surface area contributed by atoms with E-state index in [2.05, 4.69) is 12.6 Å². The highest BCUT2D eigenvalue weighted by atomic mass is 35.5. The first-order chi connectivity index (χ1) is 7.95. The second kappa shape index (κ2) is 9.36. The average molecular weight is 276 g/mol. The molecular weight excluding hydrogens is 258 g/mol. The summed E-state index contributed by atoms with van der Waals surface area (Å²) in [6.07, 6.45) is 0.312. The third-order valence-electron chi connectivity index (χ3n) is 1.87. The van der Waals surface area contributed by atoms with E-state index in [1.807, 2.05) is 14.1 Å². The normalized spacial score (nSPS) is 9.71. The number of halogens is 1. The van der Waals surface area contributed by atoms with Crippen LogP contribution in [0.2, 0.25) is 5.02 Å². The Morgan fingerprint density at radius 3 is 2.18 bits per heavy atom. The Morgan fingerprint density at radius 1 is 1.35 bits per heavy atom. The highest BCUT2D eigenvalue weighted by molar-refractivity contribution is 7.77. The molecule has 17 heavy (non-hydrogen) atoms. The van der Waals surface area contributed by atoms with Crippen LogP contribution in [-0.2, 0) is 23.8 Å². The highest BCUT2D eigenvalue weighted by Gasteiger charge is 1.91. The summed E-state index contributed by atoms with van der Waals surface area (Å²) >= 11 is 10.1. The molecule has 0 aliphatic carbocycles. The molecule has 0 saturated heterocycles. The highest BCUT2D eigenvalue weighted by Crippen LogP contribution is 2.09. The Balaban J connectivity index is 0.000000366. The fourth-order valence-corrected chi connectivity index (χ4v) is 1.29. The van der Waals surface area contributed by atoms with Crippen LogP contribution in [0.25, 0.3) is 0 Å². The minimum absolute atomic E-state index is 0.243. The standard InChI is InChI=1S/C8H7ClOS.C4H11NO/c9-7-3-1-6(2-4-7)5-8(10)11;1-5(2)3-4-6/h1-4H,5H2,(H,10,11);6H,3-4H2,1-2H3. The Morgan fingerprint density at radius 2 is 1.88 bits per heavy atom. The van der Waals surface area contributed by atoms with Crippen LogP contribution in [-0.4, -0.2) is 37.5 Å². The van der Waals surface area contributed by atoms with Gasteiger partial charge in [-0.1, -0.05) is 23.7 Å². The summed E-state index contributed by atoms with van der Waals surface area (Å²) in [5.41, 5.74) is 0.911. The van der Waals surface area contributed by atoms with E-state index in [0.29, 0.717) is 18.1 Å². The minimum atomic E-state index is -0.243. The van der Waals surface area contributed by atoms with Crippen molar-refractivity contribution in [3.05, 3.63) is 34.9 Å². The third kappa shape index (κ3) is 10.2. The van der Waals surface area contributed by atoms with Gasteiger partial charge in [0.05, 0.1) is 20.7 Å². The number of carbonyl (C=O) groups excluding carboxylic acids is 1. The summed E-state index contributed by atoms with van der Waals surface area (Å²) in [5.74, 6) is 0. The average Bonchev–Trinajstić information content (AvgIpc) is 2.21. The van der Waals surface area contributed by atoms with Gasteiger partial charge in [-0.15, -0.1) is 0 Å². The van der Waals surface area contributed by atoms with Crippen LogP contribution in [0.15, 0.2) is 24.3 Å². The molecule has 0 atom stereocenters. The number of quaternary nitrogens is 1. The van der Waals surface area contributed by atoms with Gasteiger partial charge < -0.3 is 27.4 Å². The smallest absolute Gasteiger partial charge is 0.100 e. The van der Waals surface area contributed by atoms with Crippen LogP contribution in [0.3, 0.4) is 0 Å². The van der Waals surface area contributed by atoms with E-state index in [4.69, 9.17) is 16.7 Å². The SMILES string of the molecule is C[NH+](C)CCO.O=C([S-])Cc1ccc(Cl)cc1. The Hall–Kier alpha value is -0.680. The maximum Gasteiger partial charge on any atom is 0.100 e. The maximum absolute atomic E-state index is 10.5. The number of benzene rings is 1. The summed E-state index contributed by atoms with van der Waals surface area (Å²) < 4.78 is 0. The lowest BCUT2D eigenvalue weighted by Gasteiger charge is -2.02. The van der Waals surface area contributed by atoms with Crippen molar-refractivity contribution in [1.29, 1.82) is 0 Å². The number of likely N-dealkylation sites (N-methyl/N-ethyl adjacent to an activating group) is 1. The largest absolute Gasteiger partial charge is 0.742 e. The minimum Gasteiger partial charge on any atom is -0.742 e. The quantitative estimate of drug-likeness (QED) is 0.765. The molecule has 0 heterocycles. The molecule has 1 rings (SSSR count). The second-order valence-corrected chi connectivity index (χ2v) is 4.75. The van der Waals surface area contributed by atoms with Gasteiger partial charge in [0.1, 0.15) is 6.54 Å². The topological polar surface area (TPSA) is 41.7 Å². The molecule has 0 fully saturated rings. The van der Waals surface area contributed by atoms with Crippen LogP contribution in [0.5, 0.6) is 0 Å². The van der Waals surface area contributed by atoms with Gasteiger partial charge in [-0.05, 0) is 17.7 Å². The molecule has 0 spiro atoms. The Kier molecular flexibility index (Phi) is 8.99. The van der Waals surface area contributed by atoms with Gasteiger partial charge in [0.15, 0.2) is 0 Å². The number of aliphatic hydroxyl groups excluding tert-OH is 1. The summed E-state index contributed by atoms with van der Waals surface area (Å²) in [5, 5.41) is 8.64. The van der Waals surface area contributed by atoms with E-state index in [1.165, 1.54) is 4.90 Å². The molecule has 0 aliphatic heterocycles. The number of rotatable bonds is 4. The molecule has 2 N–H and O–H groups in total. The second-order valence-electron chi connectivity index (χ2n) is 3.86. The van der Waals surface area contributed by atoms with Gasteiger partial charge in [-0.2, -0.15) is 0 Å². The zero-order chi connectivity index (χ0) is 13.3. The number of hydrogen-bond acceptors (Lipinski definition) is 3. The lowest BCUT2D eigenvalue weighted by atomic mass is 10.2. The monoisotopic (exact) mass is 275 g/mol. The van der Waals surface area contributed by atoms with Crippen molar-refractivity contribution in [1.82, 2.24) is 0 Å². The molecule has 0 amide bonds. The van der Waals surface area contributed by atoms with E-state index >= 15 is 0 Å². The molecule has 0 aliphatic rings. The predicted molar refractivity (Wildman–Crippen MR) is 72.3 cm³/mol. The zero-order valence-electron chi connectivity index (χ0n) is 10.1. The zero-order valence-corrected chi connectivity index (χ0v) is 11.6. The number of hydrogen-bond donors (Lipinski definition) is 2. The molecule has 1 aromatic carbocycles. The van der Waals surface area contributed by atoms with Crippen LogP contribution in [0.4, 0.5) is 0 Å². The van der Waals surface area contributed by atoms with Crippen molar-refractivity contribution in [2.45, 2.75) is 6.42 Å². The molecule has 0 saturated carbocycles. The van der Waals surface area contributed by atoms with Crippen molar-refractivity contribution in [3.8, 4) is 0 Å². The number of nitrogens with one attached hydrogen (secondary N) is 1. The van der Waals surface area contributed by atoms with Crippen LogP contribution < -0.4 is 4.90 Å². The van der Waals surface area contributed by atoms with Crippen molar-refractivity contribution >= 4 is 29.3 Å². The van der Waals surface area contributed by atoms with Crippen molar-refractivity contribution < 1.29 is 14.8 Å². The molecule has 96 valence electrons. The van der Waals surface area contributed by atoms with Crippen molar-refractivity contribution in [2.75, 3.05) is 27.2 Å². The molecule has 0 aromatic heterocycles. The Bertz CT molecular complexity index is 328. The molecule has 1 aromatic rings. The van der Waals surface area contributed by atoms with Crippen molar-refractivity contribution in [3.63, 3.8) is 0 Å². The van der Waals surface area contributed by atoms with Crippen LogP contribution in [0.1, 0.15) is 5.56 Å². The van der Waals surface area contributed by atoms with E-state index < -0.39 is 0 Å². The fraction of sp³-hybridized carbons (Fsp3) is 0.417. The third-order valence-corrected chi connectivity index (χ3v) is 2.27. The summed E-state index contributed by atoms with van der Waals surface area (Å²) in [4.78, 5) is 11.8. The first kappa shape index (κ1) is 16.3. The van der Waals surface area contributed by atoms with Crippen LogP contribution >= 0.6 is 11.6 Å². The maximum atomic E-state index is 10.5. The van der Waals surface area contributed by atoms with Gasteiger partial charge in [0.25, 0.3) is 0 Å². The van der Waals surface area contributed by atoms with Crippen molar-refractivity contribution in [2.24, 2.45) is 0 Å². The summed E-state index contributed by atoms with van der Waals surface area (Å²) in [6, 6.07) is 7.09. The lowest BCUT2D eigenvalue weighted by molar-refractivity contribution is -0.858. The fourth-order valence-electron chi connectivity index (χ4n) is 0.993. The molecule has 3 nitrogen and oxygen atoms in total. The molecule has 0 bridgehead atoms. The van der Waals surface area contributed by atoms with Crippen LogP contribution in [0, 0.1) is 0 Å². The molecule has 0 unspecified atom stereocenters. The first-order valence-corrected chi connectivity index (χ1v) is 6.08. The molecule has 0 radical (unpaired) electrons. The number of aliphatic hydroxyl groups is 1.